The number of hydrogen-bond acceptors (Lipinski definition) is 4. The maximum absolute atomic E-state index is 11.9. The minimum Gasteiger partial charge on any atom is -0.444 e. The topological polar surface area (TPSA) is 46.6 Å². The molecule has 1 saturated heterocycles. The summed E-state index contributed by atoms with van der Waals surface area (Å²) in [6.07, 6.45) is 0.396. The van der Waals surface area contributed by atoms with Crippen molar-refractivity contribution < 1.29 is 14.3 Å². The maximum Gasteiger partial charge on any atom is 0.410 e. The van der Waals surface area contributed by atoms with Gasteiger partial charge in [-0.3, -0.25) is 4.79 Å². The van der Waals surface area contributed by atoms with Gasteiger partial charge in [0.1, 0.15) is 5.60 Å². The Morgan fingerprint density at radius 2 is 2.00 bits per heavy atom. The molecule has 2 atom stereocenters. The molecule has 0 unspecified atom stereocenters. The quantitative estimate of drug-likeness (QED) is 0.725. The molecule has 4 nitrogen and oxygen atoms in total. The Morgan fingerprint density at radius 1 is 1.41 bits per heavy atom. The van der Waals surface area contributed by atoms with Crippen LogP contribution in [-0.4, -0.2) is 39.5 Å². The Morgan fingerprint density at radius 3 is 2.47 bits per heavy atom. The molecule has 0 spiro atoms. The lowest BCUT2D eigenvalue weighted by Crippen LogP contribution is -2.39. The molecule has 5 heteroatoms. The van der Waals surface area contributed by atoms with Crippen LogP contribution in [0.15, 0.2) is 0 Å². The third kappa shape index (κ3) is 4.58. The van der Waals surface area contributed by atoms with E-state index in [9.17, 15) is 9.59 Å². The van der Waals surface area contributed by atoms with Crippen LogP contribution >= 0.6 is 11.8 Å². The summed E-state index contributed by atoms with van der Waals surface area (Å²) in [5.74, 6) is 0. The predicted octanol–water partition coefficient (Wildman–Crippen LogP) is 2.48. The fourth-order valence-electron chi connectivity index (χ4n) is 1.74. The monoisotopic (exact) mass is 258 g/mol. The molecule has 1 aliphatic rings. The lowest BCUT2D eigenvalue weighted by Gasteiger charge is -2.26. The lowest BCUT2D eigenvalue weighted by molar-refractivity contribution is -0.109. The Hall–Kier alpha value is -0.710. The molecule has 1 fully saturated rings. The normalized spacial score (nSPS) is 24.9. The van der Waals surface area contributed by atoms with Gasteiger partial charge in [0, 0.05) is 24.8 Å². The Labute approximate surface area is 107 Å². The van der Waals surface area contributed by atoms with Crippen LogP contribution in [0.2, 0.25) is 0 Å². The average molecular weight is 258 g/mol. The van der Waals surface area contributed by atoms with E-state index in [1.54, 1.807) is 11.8 Å². The third-order valence-electron chi connectivity index (χ3n) is 2.34. The average Bonchev–Trinajstić information content (AvgIpc) is 2.42. The fraction of sp³-hybridized carbons (Fsp3) is 0.750. The SMILES string of the molecule is [CH2][C@@H]1C[C@@H](SC(C)=O)CN1C(=O)OC(C)(C)C. The van der Waals surface area contributed by atoms with Gasteiger partial charge in [-0.2, -0.15) is 0 Å². The minimum atomic E-state index is -0.497. The zero-order chi connectivity index (χ0) is 13.2. The Bertz CT molecular complexity index is 311. The van der Waals surface area contributed by atoms with Crippen molar-refractivity contribution in [1.29, 1.82) is 0 Å². The lowest BCUT2D eigenvalue weighted by atomic mass is 10.2. The highest BCUT2D eigenvalue weighted by Gasteiger charge is 2.35. The molecule has 97 valence electrons. The van der Waals surface area contributed by atoms with E-state index < -0.39 is 5.60 Å². The van der Waals surface area contributed by atoms with Gasteiger partial charge >= 0.3 is 6.09 Å². The van der Waals surface area contributed by atoms with Crippen molar-refractivity contribution in [3.8, 4) is 0 Å². The van der Waals surface area contributed by atoms with Crippen LogP contribution in [0.1, 0.15) is 34.1 Å². The second kappa shape index (κ2) is 5.29. The van der Waals surface area contributed by atoms with Gasteiger partial charge in [0.2, 0.25) is 0 Å². The number of nitrogens with zero attached hydrogens (tertiary/aromatic N) is 1. The number of ether oxygens (including phenoxy) is 1. The van der Waals surface area contributed by atoms with Crippen molar-refractivity contribution in [2.75, 3.05) is 6.54 Å². The fourth-order valence-corrected chi connectivity index (χ4v) is 2.76. The van der Waals surface area contributed by atoms with E-state index in [1.165, 1.54) is 11.8 Å². The van der Waals surface area contributed by atoms with Crippen LogP contribution in [0.5, 0.6) is 0 Å². The van der Waals surface area contributed by atoms with Crippen LogP contribution in [0, 0.1) is 6.92 Å². The molecule has 1 aliphatic heterocycles. The van der Waals surface area contributed by atoms with Crippen molar-refractivity contribution in [2.45, 2.75) is 51.0 Å². The molecule has 1 radical (unpaired) electrons. The molecule has 0 aromatic heterocycles. The van der Waals surface area contributed by atoms with Gasteiger partial charge in [-0.25, -0.2) is 4.79 Å². The molecule has 0 aliphatic carbocycles. The van der Waals surface area contributed by atoms with Gasteiger partial charge in [0.25, 0.3) is 0 Å². The molecular weight excluding hydrogens is 238 g/mol. The van der Waals surface area contributed by atoms with Crippen molar-refractivity contribution in [3.63, 3.8) is 0 Å². The molecule has 17 heavy (non-hydrogen) atoms. The van der Waals surface area contributed by atoms with E-state index in [0.29, 0.717) is 6.54 Å². The smallest absolute Gasteiger partial charge is 0.410 e. The summed E-state index contributed by atoms with van der Waals surface area (Å²) >= 11 is 1.28. The summed E-state index contributed by atoms with van der Waals surface area (Å²) in [7, 11) is 0. The highest BCUT2D eigenvalue weighted by molar-refractivity contribution is 8.14. The van der Waals surface area contributed by atoms with E-state index in [0.717, 1.165) is 6.42 Å². The van der Waals surface area contributed by atoms with Crippen molar-refractivity contribution >= 4 is 23.0 Å². The second-order valence-electron chi connectivity index (χ2n) is 5.25. The van der Waals surface area contributed by atoms with Crippen LogP contribution in [0.25, 0.3) is 0 Å². The standard InChI is InChI=1S/C12H20NO3S/c1-8-6-10(17-9(2)14)7-13(8)11(15)16-12(3,4)5/h8,10H,1,6-7H2,2-5H3/t8-,10-/m1/s1. The number of carbonyl (C=O) groups is 2. The first-order valence-corrected chi connectivity index (χ1v) is 6.57. The van der Waals surface area contributed by atoms with Crippen LogP contribution in [0.3, 0.4) is 0 Å². The molecule has 1 amide bonds. The number of amides is 1. The predicted molar refractivity (Wildman–Crippen MR) is 68.8 cm³/mol. The van der Waals surface area contributed by atoms with Crippen LogP contribution in [0.4, 0.5) is 4.79 Å². The first-order chi connectivity index (χ1) is 7.69. The summed E-state index contributed by atoms with van der Waals surface area (Å²) < 4.78 is 5.30. The number of thioether (sulfide) groups is 1. The van der Waals surface area contributed by atoms with Crippen LogP contribution in [-0.2, 0) is 9.53 Å². The molecule has 0 aromatic rings. The van der Waals surface area contributed by atoms with Gasteiger partial charge in [-0.1, -0.05) is 11.8 Å². The summed E-state index contributed by atoms with van der Waals surface area (Å²) in [4.78, 5) is 24.5. The third-order valence-corrected chi connectivity index (χ3v) is 3.34. The van der Waals surface area contributed by atoms with Gasteiger partial charge in [-0.15, -0.1) is 0 Å². The zero-order valence-corrected chi connectivity index (χ0v) is 11.7. The number of carbonyl (C=O) groups excluding carboxylic acids is 2. The molecular formula is C12H20NO3S. The summed E-state index contributed by atoms with van der Waals surface area (Å²) in [6, 6.07) is -0.110. The van der Waals surface area contributed by atoms with Crippen LogP contribution < -0.4 is 0 Å². The molecule has 0 N–H and O–H groups in total. The van der Waals surface area contributed by atoms with E-state index >= 15 is 0 Å². The molecule has 1 heterocycles. The highest BCUT2D eigenvalue weighted by atomic mass is 32.2. The van der Waals surface area contributed by atoms with Crippen molar-refractivity contribution in [3.05, 3.63) is 6.92 Å². The highest BCUT2D eigenvalue weighted by Crippen LogP contribution is 2.28. The largest absolute Gasteiger partial charge is 0.444 e. The zero-order valence-electron chi connectivity index (χ0n) is 10.9. The van der Waals surface area contributed by atoms with E-state index in [2.05, 4.69) is 6.92 Å². The van der Waals surface area contributed by atoms with Crippen molar-refractivity contribution in [1.82, 2.24) is 4.90 Å². The second-order valence-corrected chi connectivity index (χ2v) is 6.73. The number of rotatable bonds is 1. The minimum absolute atomic E-state index is 0.0771. The van der Waals surface area contributed by atoms with E-state index in [4.69, 9.17) is 4.74 Å². The summed E-state index contributed by atoms with van der Waals surface area (Å²) in [6.45, 7) is 11.5. The van der Waals surface area contributed by atoms with E-state index in [-0.39, 0.29) is 22.5 Å². The van der Waals surface area contributed by atoms with Gasteiger partial charge in [-0.05, 0) is 34.1 Å². The molecule has 0 bridgehead atoms. The van der Waals surface area contributed by atoms with Gasteiger partial charge in [0.15, 0.2) is 5.12 Å². The first-order valence-electron chi connectivity index (χ1n) is 5.69. The van der Waals surface area contributed by atoms with Crippen molar-refractivity contribution in [2.24, 2.45) is 0 Å². The maximum atomic E-state index is 11.9. The summed E-state index contributed by atoms with van der Waals surface area (Å²) in [5, 5.41) is 0.218. The molecule has 1 rings (SSSR count). The van der Waals surface area contributed by atoms with Gasteiger partial charge in [0.05, 0.1) is 0 Å². The number of hydrogen-bond donors (Lipinski definition) is 0. The number of likely N-dealkylation sites (tertiary alicyclic amines) is 1. The summed E-state index contributed by atoms with van der Waals surface area (Å²) in [5.41, 5.74) is -0.497. The molecule has 0 aromatic carbocycles. The molecule has 0 saturated carbocycles. The Kier molecular flexibility index (Phi) is 4.47. The van der Waals surface area contributed by atoms with Gasteiger partial charge < -0.3 is 9.64 Å². The first kappa shape index (κ1) is 14.4. The Balaban J connectivity index is 2.55. The van der Waals surface area contributed by atoms with E-state index in [1.807, 2.05) is 20.8 Å².